The Morgan fingerprint density at radius 1 is 1.13 bits per heavy atom. The minimum Gasteiger partial charge on any atom is -0.379 e. The van der Waals surface area contributed by atoms with Crippen LogP contribution in [0.25, 0.3) is 0 Å². The molecule has 1 unspecified atom stereocenters. The number of carbonyl (C=O) groups excluding carboxylic acids is 1. The van der Waals surface area contributed by atoms with Crippen molar-refractivity contribution in [3.63, 3.8) is 0 Å². The molecule has 0 bridgehead atoms. The summed E-state index contributed by atoms with van der Waals surface area (Å²) in [4.78, 5) is 15.1. The number of nitrogens with one attached hydrogen (secondary N) is 1. The van der Waals surface area contributed by atoms with Crippen LogP contribution in [0.4, 0.5) is 5.69 Å². The first-order valence-electron chi connectivity index (χ1n) is 10.3. The Labute approximate surface area is 177 Å². The smallest absolute Gasteiger partial charge is 0.264 e. The number of amides is 1. The summed E-state index contributed by atoms with van der Waals surface area (Å²) >= 11 is 0. The summed E-state index contributed by atoms with van der Waals surface area (Å²) < 4.78 is 33.1. The van der Waals surface area contributed by atoms with E-state index in [2.05, 4.69) is 10.2 Å². The van der Waals surface area contributed by atoms with Gasteiger partial charge < -0.3 is 10.1 Å². The van der Waals surface area contributed by atoms with Gasteiger partial charge in [-0.15, -0.1) is 0 Å². The molecule has 0 saturated carbocycles. The van der Waals surface area contributed by atoms with Gasteiger partial charge in [-0.05, 0) is 49.2 Å². The lowest BCUT2D eigenvalue weighted by Crippen LogP contribution is -2.41. The van der Waals surface area contributed by atoms with Crippen molar-refractivity contribution in [1.82, 2.24) is 10.2 Å². The molecule has 2 aliphatic heterocycles. The van der Waals surface area contributed by atoms with Crippen LogP contribution in [0.15, 0.2) is 53.4 Å². The molecule has 2 heterocycles. The van der Waals surface area contributed by atoms with E-state index in [0.717, 1.165) is 38.4 Å². The number of fused-ring (bicyclic) bond motifs is 1. The van der Waals surface area contributed by atoms with Crippen LogP contribution in [-0.4, -0.2) is 64.7 Å². The highest BCUT2D eigenvalue weighted by Gasteiger charge is 2.36. The Morgan fingerprint density at radius 3 is 2.60 bits per heavy atom. The number of sulfonamides is 1. The quantitative estimate of drug-likeness (QED) is 0.759. The van der Waals surface area contributed by atoms with E-state index in [1.165, 1.54) is 4.31 Å². The topological polar surface area (TPSA) is 79.0 Å². The molecule has 7 nitrogen and oxygen atoms in total. The first-order chi connectivity index (χ1) is 14.5. The van der Waals surface area contributed by atoms with Gasteiger partial charge in [0.05, 0.1) is 23.8 Å². The normalized spacial score (nSPS) is 19.5. The van der Waals surface area contributed by atoms with Gasteiger partial charge >= 0.3 is 0 Å². The lowest BCUT2D eigenvalue weighted by molar-refractivity contribution is 0.0383. The lowest BCUT2D eigenvalue weighted by Gasteiger charge is -2.26. The van der Waals surface area contributed by atoms with Crippen molar-refractivity contribution < 1.29 is 17.9 Å². The van der Waals surface area contributed by atoms with E-state index in [9.17, 15) is 13.2 Å². The highest BCUT2D eigenvalue weighted by molar-refractivity contribution is 7.92. The number of nitrogens with zero attached hydrogens (tertiary/aromatic N) is 2. The largest absolute Gasteiger partial charge is 0.379 e. The molecule has 0 aliphatic carbocycles. The number of hydrogen-bond donors (Lipinski definition) is 1. The maximum absolute atomic E-state index is 13.2. The maximum atomic E-state index is 13.2. The van der Waals surface area contributed by atoms with Gasteiger partial charge in [0.2, 0.25) is 0 Å². The molecule has 2 aromatic rings. The van der Waals surface area contributed by atoms with Gasteiger partial charge in [0.25, 0.3) is 15.9 Å². The number of ether oxygens (including phenoxy) is 1. The highest BCUT2D eigenvalue weighted by Crippen LogP contribution is 2.37. The zero-order valence-electron chi connectivity index (χ0n) is 17.1. The summed E-state index contributed by atoms with van der Waals surface area (Å²) in [5.41, 5.74) is 2.08. The van der Waals surface area contributed by atoms with Crippen molar-refractivity contribution in [2.24, 2.45) is 0 Å². The molecular weight excluding hydrogens is 402 g/mol. The Hall–Kier alpha value is -2.42. The fraction of sp³-hybridized carbons (Fsp3) is 0.409. The van der Waals surface area contributed by atoms with Gasteiger partial charge in [0.1, 0.15) is 0 Å². The van der Waals surface area contributed by atoms with Crippen molar-refractivity contribution in [3.8, 4) is 0 Å². The Bertz CT molecular complexity index is 1000. The van der Waals surface area contributed by atoms with Gasteiger partial charge in [0, 0.05) is 37.8 Å². The molecule has 1 N–H and O–H groups in total. The molecule has 2 aromatic carbocycles. The molecule has 1 amide bonds. The minimum absolute atomic E-state index is 0.136. The van der Waals surface area contributed by atoms with Crippen molar-refractivity contribution in [2.45, 2.75) is 24.3 Å². The number of rotatable bonds is 6. The third-order valence-electron chi connectivity index (χ3n) is 5.61. The van der Waals surface area contributed by atoms with Crippen LogP contribution in [0, 0.1) is 0 Å². The van der Waals surface area contributed by atoms with Gasteiger partial charge in [-0.3, -0.25) is 14.0 Å². The molecule has 1 fully saturated rings. The highest BCUT2D eigenvalue weighted by atomic mass is 32.2. The first-order valence-corrected chi connectivity index (χ1v) is 11.7. The van der Waals surface area contributed by atoms with Crippen LogP contribution in [-0.2, 0) is 21.2 Å². The number of benzene rings is 2. The van der Waals surface area contributed by atoms with Gasteiger partial charge in [0.15, 0.2) is 0 Å². The Kier molecular flexibility index (Phi) is 6.08. The van der Waals surface area contributed by atoms with Crippen molar-refractivity contribution in [1.29, 1.82) is 0 Å². The summed E-state index contributed by atoms with van der Waals surface area (Å²) in [5, 5.41) is 2.96. The SMILES string of the molecule is CC1Cc2cc(C(=O)NCCN3CCOCC3)ccc2N1S(=O)(=O)c1ccccc1. The molecule has 0 aromatic heterocycles. The molecule has 0 spiro atoms. The third kappa shape index (κ3) is 4.21. The second-order valence-electron chi connectivity index (χ2n) is 7.72. The molecule has 30 heavy (non-hydrogen) atoms. The molecule has 4 rings (SSSR count). The van der Waals surface area contributed by atoms with E-state index in [0.29, 0.717) is 24.2 Å². The molecule has 1 atom stereocenters. The Balaban J connectivity index is 1.46. The van der Waals surface area contributed by atoms with Crippen LogP contribution < -0.4 is 9.62 Å². The van der Waals surface area contributed by atoms with E-state index in [1.54, 1.807) is 42.5 Å². The summed E-state index contributed by atoms with van der Waals surface area (Å²) in [6, 6.07) is 13.5. The predicted octanol–water partition coefficient (Wildman–Crippen LogP) is 1.89. The van der Waals surface area contributed by atoms with E-state index < -0.39 is 10.0 Å². The molecule has 160 valence electrons. The van der Waals surface area contributed by atoms with Crippen LogP contribution in [0.1, 0.15) is 22.8 Å². The van der Waals surface area contributed by atoms with E-state index >= 15 is 0 Å². The number of hydrogen-bond acceptors (Lipinski definition) is 5. The third-order valence-corrected chi connectivity index (χ3v) is 7.55. The van der Waals surface area contributed by atoms with Gasteiger partial charge in [-0.2, -0.15) is 0 Å². The van der Waals surface area contributed by atoms with E-state index in [4.69, 9.17) is 4.74 Å². The average molecular weight is 430 g/mol. The summed E-state index contributed by atoms with van der Waals surface area (Å²) in [6.07, 6.45) is 0.580. The summed E-state index contributed by atoms with van der Waals surface area (Å²) in [6.45, 7) is 6.50. The molecule has 2 aliphatic rings. The van der Waals surface area contributed by atoms with Crippen LogP contribution in [0.3, 0.4) is 0 Å². The predicted molar refractivity (Wildman–Crippen MR) is 115 cm³/mol. The van der Waals surface area contributed by atoms with Gasteiger partial charge in [-0.25, -0.2) is 8.42 Å². The fourth-order valence-electron chi connectivity index (χ4n) is 4.07. The van der Waals surface area contributed by atoms with Crippen molar-refractivity contribution in [2.75, 3.05) is 43.7 Å². The fourth-order valence-corrected chi connectivity index (χ4v) is 5.78. The van der Waals surface area contributed by atoms with Crippen molar-refractivity contribution >= 4 is 21.6 Å². The zero-order chi connectivity index (χ0) is 21.1. The van der Waals surface area contributed by atoms with Crippen LogP contribution in [0.2, 0.25) is 0 Å². The Morgan fingerprint density at radius 2 is 1.87 bits per heavy atom. The molecule has 1 saturated heterocycles. The second kappa shape index (κ2) is 8.75. The standard InChI is InChI=1S/C22H27N3O4S/c1-17-15-19-16-18(22(26)23-9-10-24-11-13-29-14-12-24)7-8-21(19)25(17)30(27,28)20-5-3-2-4-6-20/h2-8,16-17H,9-15H2,1H3,(H,23,26). The first kappa shape index (κ1) is 20.8. The number of anilines is 1. The van der Waals surface area contributed by atoms with Crippen molar-refractivity contribution in [3.05, 3.63) is 59.7 Å². The molecule has 0 radical (unpaired) electrons. The number of morpholine rings is 1. The lowest BCUT2D eigenvalue weighted by atomic mass is 10.1. The number of carbonyl (C=O) groups is 1. The van der Waals surface area contributed by atoms with Crippen LogP contribution >= 0.6 is 0 Å². The average Bonchev–Trinajstić information content (AvgIpc) is 3.10. The van der Waals surface area contributed by atoms with E-state index in [-0.39, 0.29) is 16.8 Å². The molecule has 8 heteroatoms. The second-order valence-corrected chi connectivity index (χ2v) is 9.54. The van der Waals surface area contributed by atoms with E-state index in [1.807, 2.05) is 13.0 Å². The molecular formula is C22H27N3O4S. The van der Waals surface area contributed by atoms with Crippen LogP contribution in [0.5, 0.6) is 0 Å². The monoisotopic (exact) mass is 429 g/mol. The summed E-state index contributed by atoms with van der Waals surface area (Å²) in [5.74, 6) is -0.136. The summed E-state index contributed by atoms with van der Waals surface area (Å²) in [7, 11) is -3.64. The minimum atomic E-state index is -3.64. The maximum Gasteiger partial charge on any atom is 0.264 e. The van der Waals surface area contributed by atoms with Gasteiger partial charge in [-0.1, -0.05) is 18.2 Å². The zero-order valence-corrected chi connectivity index (χ0v) is 17.9.